The van der Waals surface area contributed by atoms with E-state index < -0.39 is 0 Å². The van der Waals surface area contributed by atoms with Gasteiger partial charge < -0.3 is 9.64 Å². The number of rotatable bonds is 5. The molecule has 3 aromatic carbocycles. The minimum absolute atomic E-state index is 0.192. The lowest BCUT2D eigenvalue weighted by Gasteiger charge is -2.17. The van der Waals surface area contributed by atoms with Crippen LogP contribution in [-0.4, -0.2) is 18.8 Å². The molecular weight excluding hydrogens is 386 g/mol. The molecule has 144 valence electrons. The van der Waals surface area contributed by atoms with E-state index in [2.05, 4.69) is 0 Å². The van der Waals surface area contributed by atoms with E-state index >= 15 is 0 Å². The molecule has 29 heavy (non-hydrogen) atoms. The van der Waals surface area contributed by atoms with Crippen molar-refractivity contribution in [3.8, 4) is 5.75 Å². The molecule has 0 aliphatic carbocycles. The van der Waals surface area contributed by atoms with Crippen molar-refractivity contribution in [2.45, 2.75) is 6.54 Å². The first-order valence-corrected chi connectivity index (χ1v) is 9.50. The van der Waals surface area contributed by atoms with Gasteiger partial charge in [-0.3, -0.25) is 9.59 Å². The van der Waals surface area contributed by atoms with E-state index in [1.807, 2.05) is 36.4 Å². The van der Waals surface area contributed by atoms with E-state index in [-0.39, 0.29) is 11.7 Å². The van der Waals surface area contributed by atoms with E-state index in [0.29, 0.717) is 28.5 Å². The van der Waals surface area contributed by atoms with E-state index in [0.717, 1.165) is 16.8 Å². The van der Waals surface area contributed by atoms with Gasteiger partial charge in [0.25, 0.3) is 5.91 Å². The van der Waals surface area contributed by atoms with Gasteiger partial charge in [0.2, 0.25) is 0 Å². The van der Waals surface area contributed by atoms with Crippen LogP contribution < -0.4 is 9.64 Å². The summed E-state index contributed by atoms with van der Waals surface area (Å²) in [5.74, 6) is 0.257. The molecule has 0 N–H and O–H groups in total. The Balaban J connectivity index is 1.67. The van der Waals surface area contributed by atoms with E-state index in [4.69, 9.17) is 16.3 Å². The lowest BCUT2D eigenvalue weighted by Crippen LogP contribution is -2.25. The lowest BCUT2D eigenvalue weighted by atomic mass is 10.0. The molecule has 4 rings (SSSR count). The number of allylic oxidation sites excluding steroid dienone is 1. The summed E-state index contributed by atoms with van der Waals surface area (Å²) in [5, 5.41) is 0.646. The van der Waals surface area contributed by atoms with Crippen LogP contribution in [0.15, 0.2) is 78.9 Å². The summed E-state index contributed by atoms with van der Waals surface area (Å²) in [5.41, 5.74) is 3.41. The summed E-state index contributed by atoms with van der Waals surface area (Å²) in [4.78, 5) is 27.6. The fourth-order valence-corrected chi connectivity index (χ4v) is 3.47. The Kier molecular flexibility index (Phi) is 5.19. The minimum Gasteiger partial charge on any atom is -0.497 e. The highest BCUT2D eigenvalue weighted by molar-refractivity contribution is 6.35. The van der Waals surface area contributed by atoms with Gasteiger partial charge in [0, 0.05) is 16.1 Å². The molecule has 0 aromatic heterocycles. The number of carbonyl (C=O) groups is 2. The number of nitrogens with zero attached hydrogens (tertiary/aromatic N) is 1. The summed E-state index contributed by atoms with van der Waals surface area (Å²) in [6.45, 7) is 0.404. The van der Waals surface area contributed by atoms with Crippen LogP contribution in [0.1, 0.15) is 21.5 Å². The van der Waals surface area contributed by atoms with Crippen LogP contribution in [0.2, 0.25) is 5.02 Å². The molecule has 0 spiro atoms. The third-order valence-electron chi connectivity index (χ3n) is 4.86. The van der Waals surface area contributed by atoms with E-state index in [1.54, 1.807) is 48.4 Å². The molecule has 0 atom stereocenters. The zero-order valence-electron chi connectivity index (χ0n) is 15.8. The molecule has 0 unspecified atom stereocenters. The lowest BCUT2D eigenvalue weighted by molar-refractivity contribution is -0.113. The first kappa shape index (κ1) is 19.0. The molecule has 0 radical (unpaired) electrons. The maximum atomic E-state index is 13.2. The summed E-state index contributed by atoms with van der Waals surface area (Å²) in [7, 11) is 1.57. The topological polar surface area (TPSA) is 46.6 Å². The highest BCUT2D eigenvalue weighted by Gasteiger charge is 2.32. The smallest absolute Gasteiger partial charge is 0.259 e. The Morgan fingerprint density at radius 2 is 1.69 bits per heavy atom. The van der Waals surface area contributed by atoms with Crippen LogP contribution in [0.5, 0.6) is 5.75 Å². The third kappa shape index (κ3) is 3.80. The van der Waals surface area contributed by atoms with Crippen molar-refractivity contribution in [2.24, 2.45) is 0 Å². The highest BCUT2D eigenvalue weighted by Crippen LogP contribution is 2.37. The minimum atomic E-state index is -0.223. The normalized spacial score (nSPS) is 14.2. The standard InChI is InChI=1S/C24H18ClNO3/c1-29-19-12-8-17(9-13-19)23(27)14-21-20-4-2-3-5-22(20)26(24(21)28)15-16-6-10-18(25)11-7-16/h2-14H,15H2,1H3/b21-14-. The molecule has 1 amide bonds. The SMILES string of the molecule is COc1ccc(C(=O)/C=C2\C(=O)N(Cc3ccc(Cl)cc3)c3ccccc32)cc1. The van der Waals surface area contributed by atoms with Crippen molar-refractivity contribution in [3.05, 3.63) is 101 Å². The largest absolute Gasteiger partial charge is 0.497 e. The second-order valence-corrected chi connectivity index (χ2v) is 7.12. The van der Waals surface area contributed by atoms with Gasteiger partial charge in [-0.05, 0) is 54.1 Å². The molecule has 4 nitrogen and oxygen atoms in total. The predicted octanol–water partition coefficient (Wildman–Crippen LogP) is 5.16. The van der Waals surface area contributed by atoms with Gasteiger partial charge in [-0.15, -0.1) is 0 Å². The number of ketones is 1. The number of hydrogen-bond donors (Lipinski definition) is 0. The van der Waals surface area contributed by atoms with E-state index in [1.165, 1.54) is 6.08 Å². The number of hydrogen-bond acceptors (Lipinski definition) is 3. The van der Waals surface area contributed by atoms with Crippen molar-refractivity contribution in [2.75, 3.05) is 12.0 Å². The van der Waals surface area contributed by atoms with Gasteiger partial charge in [0.1, 0.15) is 5.75 Å². The third-order valence-corrected chi connectivity index (χ3v) is 5.12. The fraction of sp³-hybridized carbons (Fsp3) is 0.0833. The number of methoxy groups -OCH3 is 1. The molecule has 0 bridgehead atoms. The number of amides is 1. The van der Waals surface area contributed by atoms with Crippen molar-refractivity contribution in [1.82, 2.24) is 0 Å². The Labute approximate surface area is 174 Å². The molecule has 1 aliphatic rings. The maximum Gasteiger partial charge on any atom is 0.259 e. The Bertz CT molecular complexity index is 1100. The molecule has 1 heterocycles. The van der Waals surface area contributed by atoms with Crippen LogP contribution >= 0.6 is 11.6 Å². The number of ether oxygens (including phenoxy) is 1. The van der Waals surface area contributed by atoms with E-state index in [9.17, 15) is 9.59 Å². The van der Waals surface area contributed by atoms with Crippen LogP contribution in [0.25, 0.3) is 5.57 Å². The van der Waals surface area contributed by atoms with Gasteiger partial charge in [-0.1, -0.05) is 41.9 Å². The molecule has 1 aliphatic heterocycles. The number of halogens is 1. The highest BCUT2D eigenvalue weighted by atomic mass is 35.5. The Morgan fingerprint density at radius 1 is 1.00 bits per heavy atom. The average Bonchev–Trinajstić information content (AvgIpc) is 3.01. The zero-order valence-corrected chi connectivity index (χ0v) is 16.5. The van der Waals surface area contributed by atoms with Crippen molar-refractivity contribution in [3.63, 3.8) is 0 Å². The van der Waals surface area contributed by atoms with Crippen molar-refractivity contribution >= 4 is 34.6 Å². The summed E-state index contributed by atoms with van der Waals surface area (Å²) < 4.78 is 5.13. The van der Waals surface area contributed by atoms with Gasteiger partial charge >= 0.3 is 0 Å². The van der Waals surface area contributed by atoms with Gasteiger partial charge in [-0.25, -0.2) is 0 Å². The second-order valence-electron chi connectivity index (χ2n) is 6.69. The van der Waals surface area contributed by atoms with Crippen LogP contribution in [0.3, 0.4) is 0 Å². The van der Waals surface area contributed by atoms with Crippen molar-refractivity contribution in [1.29, 1.82) is 0 Å². The van der Waals surface area contributed by atoms with Crippen LogP contribution in [-0.2, 0) is 11.3 Å². The Morgan fingerprint density at radius 3 is 2.38 bits per heavy atom. The zero-order chi connectivity index (χ0) is 20.4. The first-order valence-electron chi connectivity index (χ1n) is 9.12. The van der Waals surface area contributed by atoms with Gasteiger partial charge in [0.15, 0.2) is 5.78 Å². The quantitative estimate of drug-likeness (QED) is 0.436. The fourth-order valence-electron chi connectivity index (χ4n) is 3.35. The van der Waals surface area contributed by atoms with Gasteiger partial charge in [0.05, 0.1) is 24.9 Å². The number of carbonyl (C=O) groups excluding carboxylic acids is 2. The molecule has 0 fully saturated rings. The molecule has 3 aromatic rings. The number of benzene rings is 3. The second kappa shape index (κ2) is 7.94. The van der Waals surface area contributed by atoms with Crippen LogP contribution in [0, 0.1) is 0 Å². The number of fused-ring (bicyclic) bond motifs is 1. The summed E-state index contributed by atoms with van der Waals surface area (Å²) in [6, 6.07) is 21.7. The Hall–Kier alpha value is -3.37. The first-order chi connectivity index (χ1) is 14.1. The van der Waals surface area contributed by atoms with Gasteiger partial charge in [-0.2, -0.15) is 0 Å². The predicted molar refractivity (Wildman–Crippen MR) is 114 cm³/mol. The number of para-hydroxylation sites is 1. The molecule has 0 saturated carbocycles. The van der Waals surface area contributed by atoms with Crippen LogP contribution in [0.4, 0.5) is 5.69 Å². The maximum absolute atomic E-state index is 13.2. The molecule has 5 heteroatoms. The summed E-state index contributed by atoms with van der Waals surface area (Å²) in [6.07, 6.45) is 1.42. The molecular formula is C24H18ClNO3. The molecule has 0 saturated heterocycles. The summed E-state index contributed by atoms with van der Waals surface area (Å²) >= 11 is 5.96. The monoisotopic (exact) mass is 403 g/mol. The van der Waals surface area contributed by atoms with Crippen molar-refractivity contribution < 1.29 is 14.3 Å². The number of anilines is 1. The average molecular weight is 404 g/mol.